The molecule has 0 aromatic heterocycles. The Morgan fingerprint density at radius 2 is 1.64 bits per heavy atom. The molecule has 0 saturated carbocycles. The van der Waals surface area contributed by atoms with Gasteiger partial charge in [0.1, 0.15) is 5.75 Å². The molecule has 5 nitrogen and oxygen atoms in total. The molecule has 2 aromatic rings. The molecule has 1 N–H and O–H groups in total. The van der Waals surface area contributed by atoms with E-state index in [2.05, 4.69) is 4.90 Å². The van der Waals surface area contributed by atoms with Crippen LogP contribution in [0, 0.1) is 0 Å². The molecule has 1 aliphatic heterocycles. The van der Waals surface area contributed by atoms with Gasteiger partial charge in [0, 0.05) is 25.0 Å². The minimum absolute atomic E-state index is 0.0405. The van der Waals surface area contributed by atoms with Gasteiger partial charge in [0.2, 0.25) is 0 Å². The van der Waals surface area contributed by atoms with Gasteiger partial charge in [-0.15, -0.1) is 0 Å². The van der Waals surface area contributed by atoms with Crippen LogP contribution in [0.1, 0.15) is 11.1 Å². The van der Waals surface area contributed by atoms with E-state index in [1.807, 2.05) is 24.3 Å². The average molecular weight is 359 g/mol. The SMILES string of the molecule is O=S(=O)(/C=C/c1ccc(CN2CCOCC2)cc1)c1ccc(O)cc1. The van der Waals surface area contributed by atoms with E-state index in [0.29, 0.717) is 0 Å². The smallest absolute Gasteiger partial charge is 0.199 e. The number of phenolic OH excluding ortho intramolecular Hbond substituents is 1. The van der Waals surface area contributed by atoms with Crippen molar-refractivity contribution < 1.29 is 18.3 Å². The molecule has 0 aliphatic carbocycles. The molecule has 1 saturated heterocycles. The Labute approximate surface area is 148 Å². The fourth-order valence-corrected chi connectivity index (χ4v) is 3.64. The number of morpholine rings is 1. The molecular weight excluding hydrogens is 338 g/mol. The van der Waals surface area contributed by atoms with Crippen LogP contribution >= 0.6 is 0 Å². The van der Waals surface area contributed by atoms with Gasteiger partial charge in [-0.25, -0.2) is 8.42 Å². The zero-order chi connectivity index (χ0) is 17.7. The largest absolute Gasteiger partial charge is 0.508 e. The van der Waals surface area contributed by atoms with Crippen LogP contribution in [0.15, 0.2) is 58.8 Å². The first-order valence-corrected chi connectivity index (χ1v) is 9.69. The van der Waals surface area contributed by atoms with Gasteiger partial charge >= 0.3 is 0 Å². The number of hydrogen-bond donors (Lipinski definition) is 1. The summed E-state index contributed by atoms with van der Waals surface area (Å²) >= 11 is 0. The van der Waals surface area contributed by atoms with E-state index < -0.39 is 9.84 Å². The van der Waals surface area contributed by atoms with E-state index in [0.717, 1.165) is 38.4 Å². The van der Waals surface area contributed by atoms with Crippen molar-refractivity contribution in [2.45, 2.75) is 11.4 Å². The van der Waals surface area contributed by atoms with Crippen molar-refractivity contribution in [3.05, 3.63) is 65.1 Å². The molecule has 2 aromatic carbocycles. The summed E-state index contributed by atoms with van der Waals surface area (Å²) in [4.78, 5) is 2.49. The molecule has 25 heavy (non-hydrogen) atoms. The van der Waals surface area contributed by atoms with Crippen molar-refractivity contribution in [1.82, 2.24) is 4.90 Å². The molecule has 0 bridgehead atoms. The fourth-order valence-electron chi connectivity index (χ4n) is 2.63. The van der Waals surface area contributed by atoms with Crippen molar-refractivity contribution >= 4 is 15.9 Å². The predicted molar refractivity (Wildman–Crippen MR) is 96.9 cm³/mol. The topological polar surface area (TPSA) is 66.8 Å². The van der Waals surface area contributed by atoms with E-state index in [4.69, 9.17) is 4.74 Å². The van der Waals surface area contributed by atoms with E-state index in [1.165, 1.54) is 35.2 Å². The number of benzene rings is 2. The van der Waals surface area contributed by atoms with E-state index in [-0.39, 0.29) is 10.6 Å². The zero-order valence-electron chi connectivity index (χ0n) is 13.8. The number of sulfone groups is 1. The zero-order valence-corrected chi connectivity index (χ0v) is 14.7. The van der Waals surface area contributed by atoms with Crippen molar-refractivity contribution in [2.75, 3.05) is 26.3 Å². The van der Waals surface area contributed by atoms with Crippen LogP contribution in [0.4, 0.5) is 0 Å². The van der Waals surface area contributed by atoms with Crippen LogP contribution in [-0.2, 0) is 21.1 Å². The molecule has 0 amide bonds. The summed E-state index contributed by atoms with van der Waals surface area (Å²) in [5, 5.41) is 10.4. The number of phenols is 1. The molecular formula is C19H21NO4S. The Kier molecular flexibility index (Phi) is 5.53. The number of hydrogen-bond acceptors (Lipinski definition) is 5. The van der Waals surface area contributed by atoms with E-state index in [9.17, 15) is 13.5 Å². The Morgan fingerprint density at radius 3 is 2.28 bits per heavy atom. The van der Waals surface area contributed by atoms with Crippen molar-refractivity contribution in [2.24, 2.45) is 0 Å². The normalized spacial score (nSPS) is 16.3. The first kappa shape index (κ1) is 17.7. The summed E-state index contributed by atoms with van der Waals surface area (Å²) in [5.41, 5.74) is 2.02. The minimum Gasteiger partial charge on any atom is -0.508 e. The van der Waals surface area contributed by atoms with Gasteiger partial charge in [0.25, 0.3) is 0 Å². The van der Waals surface area contributed by atoms with Crippen LogP contribution in [0.5, 0.6) is 5.75 Å². The highest BCUT2D eigenvalue weighted by molar-refractivity contribution is 7.94. The lowest BCUT2D eigenvalue weighted by Gasteiger charge is -2.26. The Morgan fingerprint density at radius 1 is 1.00 bits per heavy atom. The molecule has 0 atom stereocenters. The average Bonchev–Trinajstić information content (AvgIpc) is 2.62. The van der Waals surface area contributed by atoms with Gasteiger partial charge in [0.05, 0.1) is 18.1 Å². The number of ether oxygens (including phenoxy) is 1. The molecule has 1 heterocycles. The molecule has 0 radical (unpaired) electrons. The summed E-state index contributed by atoms with van der Waals surface area (Å²) in [7, 11) is -3.52. The highest BCUT2D eigenvalue weighted by Gasteiger charge is 2.11. The van der Waals surface area contributed by atoms with Crippen LogP contribution in [-0.4, -0.2) is 44.7 Å². The second kappa shape index (κ2) is 7.82. The fraction of sp³-hybridized carbons (Fsp3) is 0.263. The predicted octanol–water partition coefficient (Wildman–Crippen LogP) is 2.67. The maximum atomic E-state index is 12.3. The Balaban J connectivity index is 1.65. The molecule has 0 spiro atoms. The molecule has 1 aliphatic rings. The summed E-state index contributed by atoms with van der Waals surface area (Å²) in [6, 6.07) is 13.4. The third-order valence-corrected chi connectivity index (χ3v) is 5.52. The third-order valence-electron chi connectivity index (χ3n) is 4.09. The van der Waals surface area contributed by atoms with E-state index >= 15 is 0 Å². The maximum Gasteiger partial charge on any atom is 0.199 e. The molecule has 1 fully saturated rings. The molecule has 0 unspecified atom stereocenters. The number of rotatable bonds is 5. The summed E-state index contributed by atoms with van der Waals surface area (Å²) in [6.07, 6.45) is 1.58. The summed E-state index contributed by atoms with van der Waals surface area (Å²) in [5.74, 6) is 0.0405. The number of nitrogens with zero attached hydrogens (tertiary/aromatic N) is 1. The van der Waals surface area contributed by atoms with Gasteiger partial charge in [-0.3, -0.25) is 4.90 Å². The quantitative estimate of drug-likeness (QED) is 0.889. The molecule has 6 heteroatoms. The van der Waals surface area contributed by atoms with Crippen LogP contribution in [0.25, 0.3) is 6.08 Å². The van der Waals surface area contributed by atoms with Crippen molar-refractivity contribution in [3.63, 3.8) is 0 Å². The van der Waals surface area contributed by atoms with E-state index in [1.54, 1.807) is 6.08 Å². The van der Waals surface area contributed by atoms with Crippen LogP contribution < -0.4 is 0 Å². The lowest BCUT2D eigenvalue weighted by molar-refractivity contribution is 0.0342. The van der Waals surface area contributed by atoms with Crippen LogP contribution in [0.3, 0.4) is 0 Å². The Hall–Kier alpha value is -2.15. The first-order valence-electron chi connectivity index (χ1n) is 8.14. The maximum absolute atomic E-state index is 12.3. The second-order valence-corrected chi connectivity index (χ2v) is 7.81. The molecule has 132 valence electrons. The minimum atomic E-state index is -3.52. The van der Waals surface area contributed by atoms with Crippen molar-refractivity contribution in [3.8, 4) is 5.75 Å². The first-order chi connectivity index (χ1) is 12.0. The Bertz CT molecular complexity index is 821. The third kappa shape index (κ3) is 4.92. The lowest BCUT2D eigenvalue weighted by Crippen LogP contribution is -2.35. The van der Waals surface area contributed by atoms with Crippen LogP contribution in [0.2, 0.25) is 0 Å². The highest BCUT2D eigenvalue weighted by Crippen LogP contribution is 2.18. The second-order valence-electron chi connectivity index (χ2n) is 5.97. The molecule has 3 rings (SSSR count). The van der Waals surface area contributed by atoms with Gasteiger partial charge in [-0.1, -0.05) is 24.3 Å². The summed E-state index contributed by atoms with van der Waals surface area (Å²) < 4.78 is 29.9. The standard InChI is InChI=1S/C19H21NO4S/c21-18-5-7-19(8-6-18)25(22,23)14-9-16-1-3-17(4-2-16)15-20-10-12-24-13-11-20/h1-9,14,21H,10-13,15H2/b14-9+. The van der Waals surface area contributed by atoms with Gasteiger partial charge in [-0.05, 0) is 41.5 Å². The van der Waals surface area contributed by atoms with Gasteiger partial charge in [-0.2, -0.15) is 0 Å². The van der Waals surface area contributed by atoms with Gasteiger partial charge in [0.15, 0.2) is 9.84 Å². The monoisotopic (exact) mass is 359 g/mol. The van der Waals surface area contributed by atoms with Crippen molar-refractivity contribution in [1.29, 1.82) is 0 Å². The summed E-state index contributed by atoms with van der Waals surface area (Å²) in [6.45, 7) is 4.30. The van der Waals surface area contributed by atoms with Gasteiger partial charge < -0.3 is 9.84 Å². The highest BCUT2D eigenvalue weighted by atomic mass is 32.2. The number of aromatic hydroxyl groups is 1. The lowest BCUT2D eigenvalue weighted by atomic mass is 10.1.